The molecule has 0 radical (unpaired) electrons. The van der Waals surface area contributed by atoms with E-state index in [0.717, 1.165) is 4.57 Å². The van der Waals surface area contributed by atoms with E-state index in [1.54, 1.807) is 0 Å². The molecule has 1 heterocycles. The van der Waals surface area contributed by atoms with E-state index in [0.29, 0.717) is 0 Å². The molecule has 5 N–H and O–H groups in total. The van der Waals surface area contributed by atoms with Crippen LogP contribution in [0.25, 0.3) is 0 Å². The summed E-state index contributed by atoms with van der Waals surface area (Å²) in [6.07, 6.45) is 1.31. The van der Waals surface area contributed by atoms with Crippen molar-refractivity contribution in [3.8, 4) is 0 Å². The van der Waals surface area contributed by atoms with Crippen molar-refractivity contribution in [2.45, 2.75) is 6.54 Å². The van der Waals surface area contributed by atoms with E-state index in [-0.39, 0.29) is 24.8 Å². The van der Waals surface area contributed by atoms with Crippen LogP contribution in [0.4, 0.5) is 5.82 Å². The molecule has 1 rings (SSSR count). The van der Waals surface area contributed by atoms with Crippen LogP contribution < -0.4 is 17.2 Å². The number of nitrogens with zero attached hydrogens (tertiary/aromatic N) is 1. The Hall–Kier alpha value is -1.43. The average Bonchev–Trinajstić information content (AvgIpc) is 2.18. The molecular formula is C5H9ClN4O2. The number of hydrogen-bond donors (Lipinski definition) is 3. The van der Waals surface area contributed by atoms with Gasteiger partial charge in [-0.15, -0.1) is 12.4 Å². The molecule has 1 aromatic heterocycles. The van der Waals surface area contributed by atoms with Crippen LogP contribution >= 0.6 is 12.4 Å². The number of rotatable bonds is 2. The molecule has 0 aromatic carbocycles. The van der Waals surface area contributed by atoms with Crippen molar-refractivity contribution in [3.05, 3.63) is 16.7 Å². The minimum atomic E-state index is -0.599. The predicted molar refractivity (Wildman–Crippen MR) is 45.9 cm³/mol. The van der Waals surface area contributed by atoms with Crippen LogP contribution in [0, 0.1) is 0 Å². The second-order valence-electron chi connectivity index (χ2n) is 2.07. The summed E-state index contributed by atoms with van der Waals surface area (Å²) in [5.41, 5.74) is 9.74. The van der Waals surface area contributed by atoms with Gasteiger partial charge in [0.25, 0.3) is 0 Å². The lowest BCUT2D eigenvalue weighted by atomic mass is 10.6. The van der Waals surface area contributed by atoms with Crippen LogP contribution in [0.5, 0.6) is 0 Å². The molecule has 1 aromatic rings. The second-order valence-corrected chi connectivity index (χ2v) is 2.07. The molecule has 0 saturated heterocycles. The van der Waals surface area contributed by atoms with Crippen LogP contribution in [-0.4, -0.2) is 15.5 Å². The summed E-state index contributed by atoms with van der Waals surface area (Å²) in [7, 11) is 0. The Bertz CT molecular complexity index is 328. The van der Waals surface area contributed by atoms with Gasteiger partial charge in [0.15, 0.2) is 0 Å². The molecule has 0 spiro atoms. The molecule has 0 bridgehead atoms. The van der Waals surface area contributed by atoms with Crippen LogP contribution in [0.2, 0.25) is 0 Å². The lowest BCUT2D eigenvalue weighted by molar-refractivity contribution is -0.118. The minimum absolute atomic E-state index is 0. The van der Waals surface area contributed by atoms with Crippen LogP contribution in [0.1, 0.15) is 0 Å². The first-order valence-electron chi connectivity index (χ1n) is 2.93. The maximum atomic E-state index is 10.8. The van der Waals surface area contributed by atoms with Gasteiger partial charge in [-0.25, -0.2) is 4.79 Å². The highest BCUT2D eigenvalue weighted by Crippen LogP contribution is 1.93. The first kappa shape index (κ1) is 10.6. The molecule has 7 heteroatoms. The van der Waals surface area contributed by atoms with E-state index in [9.17, 15) is 9.59 Å². The number of hydrogen-bond acceptors (Lipinski definition) is 3. The number of H-pyrrole nitrogens is 1. The highest BCUT2D eigenvalue weighted by Gasteiger charge is 2.03. The lowest BCUT2D eigenvalue weighted by Crippen LogP contribution is -2.27. The van der Waals surface area contributed by atoms with E-state index < -0.39 is 11.6 Å². The fourth-order valence-corrected chi connectivity index (χ4v) is 0.728. The Morgan fingerprint density at radius 1 is 1.67 bits per heavy atom. The number of anilines is 1. The molecule has 6 nitrogen and oxygen atoms in total. The highest BCUT2D eigenvalue weighted by molar-refractivity contribution is 5.85. The Labute approximate surface area is 74.0 Å². The summed E-state index contributed by atoms with van der Waals surface area (Å²) >= 11 is 0. The molecule has 0 saturated carbocycles. The molecule has 0 aliphatic carbocycles. The van der Waals surface area contributed by atoms with Gasteiger partial charge in [-0.1, -0.05) is 0 Å². The van der Waals surface area contributed by atoms with Gasteiger partial charge in [0.05, 0.1) is 0 Å². The number of primary amides is 1. The molecule has 1 amide bonds. The number of nitrogens with two attached hydrogens (primary N) is 2. The smallest absolute Gasteiger partial charge is 0.327 e. The van der Waals surface area contributed by atoms with Crippen molar-refractivity contribution in [2.24, 2.45) is 5.73 Å². The van der Waals surface area contributed by atoms with Gasteiger partial charge in [0, 0.05) is 6.20 Å². The zero-order chi connectivity index (χ0) is 8.43. The molecule has 0 aliphatic rings. The third-order valence-corrected chi connectivity index (χ3v) is 1.21. The minimum Gasteiger partial charge on any atom is -0.384 e. The summed E-state index contributed by atoms with van der Waals surface area (Å²) in [5.74, 6) is -0.396. The quantitative estimate of drug-likeness (QED) is 0.540. The molecule has 0 atom stereocenters. The maximum Gasteiger partial charge on any atom is 0.327 e. The van der Waals surface area contributed by atoms with Gasteiger partial charge in [-0.05, 0) is 0 Å². The molecule has 0 aliphatic heterocycles. The Kier molecular flexibility index (Phi) is 3.36. The normalized spacial score (nSPS) is 9.00. The van der Waals surface area contributed by atoms with E-state index >= 15 is 0 Å². The van der Waals surface area contributed by atoms with Gasteiger partial charge in [0.1, 0.15) is 12.4 Å². The summed E-state index contributed by atoms with van der Waals surface area (Å²) in [6, 6.07) is 0. The summed E-state index contributed by atoms with van der Waals surface area (Å²) < 4.78 is 1.06. The zero-order valence-corrected chi connectivity index (χ0v) is 6.93. The molecule has 0 fully saturated rings. The standard InChI is InChI=1S/C5H8N4O2.ClH/c6-3-1-8-5(11)9(3)2-4(7)10;/h1H,2,6H2,(H2,7,10)(H,8,11);1H. The maximum absolute atomic E-state index is 10.8. The van der Waals surface area contributed by atoms with E-state index in [1.807, 2.05) is 0 Å². The average molecular weight is 193 g/mol. The monoisotopic (exact) mass is 192 g/mol. The van der Waals surface area contributed by atoms with Crippen molar-refractivity contribution in [1.29, 1.82) is 0 Å². The summed E-state index contributed by atoms with van der Waals surface area (Å²) in [5, 5.41) is 0. The third kappa shape index (κ3) is 2.03. The molecule has 12 heavy (non-hydrogen) atoms. The Balaban J connectivity index is 0.00000121. The number of carbonyl (C=O) groups excluding carboxylic acids is 1. The first-order valence-corrected chi connectivity index (χ1v) is 2.93. The van der Waals surface area contributed by atoms with Crippen molar-refractivity contribution in [2.75, 3.05) is 5.73 Å². The van der Waals surface area contributed by atoms with Crippen molar-refractivity contribution < 1.29 is 4.79 Å². The summed E-state index contributed by atoms with van der Waals surface area (Å²) in [4.78, 5) is 23.5. The number of aromatic nitrogens is 2. The van der Waals surface area contributed by atoms with Crippen LogP contribution in [0.15, 0.2) is 11.0 Å². The topological polar surface area (TPSA) is 107 Å². The van der Waals surface area contributed by atoms with Gasteiger partial charge < -0.3 is 16.5 Å². The largest absolute Gasteiger partial charge is 0.384 e. The van der Waals surface area contributed by atoms with Gasteiger partial charge in [-0.2, -0.15) is 0 Å². The van der Waals surface area contributed by atoms with Crippen molar-refractivity contribution >= 4 is 24.1 Å². The Morgan fingerprint density at radius 3 is 2.58 bits per heavy atom. The van der Waals surface area contributed by atoms with E-state index in [1.165, 1.54) is 6.20 Å². The predicted octanol–water partition coefficient (Wildman–Crippen LogP) is -1.33. The third-order valence-electron chi connectivity index (χ3n) is 1.21. The molecule has 0 unspecified atom stereocenters. The van der Waals surface area contributed by atoms with Gasteiger partial charge in [0.2, 0.25) is 5.91 Å². The van der Waals surface area contributed by atoms with Crippen molar-refractivity contribution in [3.63, 3.8) is 0 Å². The Morgan fingerprint density at radius 2 is 2.25 bits per heavy atom. The first-order chi connectivity index (χ1) is 5.11. The lowest BCUT2D eigenvalue weighted by Gasteiger charge is -1.97. The number of aromatic amines is 1. The number of amides is 1. The van der Waals surface area contributed by atoms with Crippen LogP contribution in [0.3, 0.4) is 0 Å². The van der Waals surface area contributed by atoms with Crippen molar-refractivity contribution in [1.82, 2.24) is 9.55 Å². The number of imidazole rings is 1. The fraction of sp³-hybridized carbons (Fsp3) is 0.200. The zero-order valence-electron chi connectivity index (χ0n) is 6.11. The fourth-order valence-electron chi connectivity index (χ4n) is 0.728. The SMILES string of the molecule is Cl.NC(=O)Cn1c(N)c[nH]c1=O. The van der Waals surface area contributed by atoms with Crippen LogP contribution in [-0.2, 0) is 11.3 Å². The molecule has 68 valence electrons. The highest BCUT2D eigenvalue weighted by atomic mass is 35.5. The molecular weight excluding hydrogens is 184 g/mol. The summed E-state index contributed by atoms with van der Waals surface area (Å²) in [6.45, 7) is -0.186. The number of nitrogen functional groups attached to an aromatic ring is 1. The van der Waals surface area contributed by atoms with Gasteiger partial charge in [-0.3, -0.25) is 9.36 Å². The van der Waals surface area contributed by atoms with Gasteiger partial charge >= 0.3 is 5.69 Å². The van der Waals surface area contributed by atoms with E-state index in [2.05, 4.69) is 4.98 Å². The number of carbonyl (C=O) groups is 1. The number of nitrogens with one attached hydrogen (secondary N) is 1. The second kappa shape index (κ2) is 3.82. The van der Waals surface area contributed by atoms with E-state index in [4.69, 9.17) is 11.5 Å². The number of halogens is 1.